The minimum absolute atomic E-state index is 0.244. The van der Waals surface area contributed by atoms with E-state index in [2.05, 4.69) is 0 Å². The van der Waals surface area contributed by atoms with Gasteiger partial charge < -0.3 is 14.5 Å². The third-order valence-corrected chi connectivity index (χ3v) is 2.70. The summed E-state index contributed by atoms with van der Waals surface area (Å²) in [6.07, 6.45) is 0. The molecule has 0 fully saturated rings. The largest absolute Gasteiger partial charge is 0.341 e. The summed E-state index contributed by atoms with van der Waals surface area (Å²) in [6, 6.07) is 14.0. The van der Waals surface area contributed by atoms with E-state index in [1.807, 2.05) is 0 Å². The first-order valence-electron chi connectivity index (χ1n) is 4.98. The average molecular weight is 210 g/mol. The molecule has 0 radical (unpaired) electrons. The van der Waals surface area contributed by atoms with Gasteiger partial charge in [0.05, 0.1) is 0 Å². The minimum Gasteiger partial charge on any atom is -0.341 e. The van der Waals surface area contributed by atoms with Crippen LogP contribution in [-0.4, -0.2) is 11.8 Å². The first-order valence-corrected chi connectivity index (χ1v) is 4.98. The standard InChI is InChI=1S/C13H8NO2/c15-12-10-7-3-4-8-11(10)13(16)14(12)9-5-1-2-6-9/h1-8H/q-1. The van der Waals surface area contributed by atoms with Crippen molar-refractivity contribution in [3.05, 3.63) is 59.7 Å². The predicted octanol–water partition coefficient (Wildman–Crippen LogP) is 2.21. The molecule has 16 heavy (non-hydrogen) atoms. The van der Waals surface area contributed by atoms with Gasteiger partial charge in [-0.3, -0.25) is 0 Å². The van der Waals surface area contributed by atoms with E-state index in [0.29, 0.717) is 16.8 Å². The van der Waals surface area contributed by atoms with Crippen LogP contribution < -0.4 is 4.90 Å². The molecule has 0 saturated heterocycles. The Hall–Kier alpha value is -2.29. The normalized spacial score (nSPS) is 14.4. The first-order chi connectivity index (χ1) is 7.79. The summed E-state index contributed by atoms with van der Waals surface area (Å²) in [5, 5.41) is 0. The molecule has 2 amide bonds. The highest BCUT2D eigenvalue weighted by atomic mass is 16.2. The number of amides is 2. The average Bonchev–Trinajstić information content (AvgIpc) is 2.89. The molecule has 3 nitrogen and oxygen atoms in total. The van der Waals surface area contributed by atoms with Crippen LogP contribution in [0.5, 0.6) is 0 Å². The molecule has 3 rings (SSSR count). The summed E-state index contributed by atoms with van der Waals surface area (Å²) in [5.74, 6) is -0.487. The Balaban J connectivity index is 2.15. The fourth-order valence-corrected chi connectivity index (χ4v) is 1.94. The zero-order valence-corrected chi connectivity index (χ0v) is 8.38. The van der Waals surface area contributed by atoms with Gasteiger partial charge in [0.15, 0.2) is 11.8 Å². The quantitative estimate of drug-likeness (QED) is 0.534. The van der Waals surface area contributed by atoms with Crippen LogP contribution >= 0.6 is 0 Å². The number of hydrogen-bond donors (Lipinski definition) is 0. The number of nitrogens with zero attached hydrogens (tertiary/aromatic N) is 1. The minimum atomic E-state index is -0.244. The highest BCUT2D eigenvalue weighted by Crippen LogP contribution is 2.28. The Morgan fingerprint density at radius 1 is 0.812 bits per heavy atom. The van der Waals surface area contributed by atoms with E-state index >= 15 is 0 Å². The molecule has 0 unspecified atom stereocenters. The Morgan fingerprint density at radius 3 is 1.81 bits per heavy atom. The summed E-state index contributed by atoms with van der Waals surface area (Å²) in [7, 11) is 0. The number of anilines is 1. The molecule has 0 atom stereocenters. The molecule has 0 N–H and O–H groups in total. The van der Waals surface area contributed by atoms with Gasteiger partial charge in [0.1, 0.15) is 0 Å². The van der Waals surface area contributed by atoms with Gasteiger partial charge in [-0.15, -0.1) is 12.1 Å². The van der Waals surface area contributed by atoms with Crippen molar-refractivity contribution in [3.63, 3.8) is 0 Å². The highest BCUT2D eigenvalue weighted by Gasteiger charge is 2.29. The van der Waals surface area contributed by atoms with E-state index in [4.69, 9.17) is 0 Å². The van der Waals surface area contributed by atoms with Crippen molar-refractivity contribution >= 4 is 17.5 Å². The van der Waals surface area contributed by atoms with Crippen LogP contribution in [0.1, 0.15) is 20.7 Å². The molecule has 1 aliphatic heterocycles. The summed E-state index contributed by atoms with van der Waals surface area (Å²) in [6.45, 7) is 0. The smallest absolute Gasteiger partial charge is 0.198 e. The van der Waals surface area contributed by atoms with E-state index in [9.17, 15) is 9.59 Å². The van der Waals surface area contributed by atoms with Crippen molar-refractivity contribution in [2.75, 3.05) is 4.90 Å². The molecular formula is C13H8NO2-. The monoisotopic (exact) mass is 210 g/mol. The molecule has 2 aromatic carbocycles. The van der Waals surface area contributed by atoms with Crippen LogP contribution in [0, 0.1) is 0 Å². The molecule has 1 aliphatic rings. The lowest BCUT2D eigenvalue weighted by Gasteiger charge is -2.19. The van der Waals surface area contributed by atoms with Gasteiger partial charge in [0, 0.05) is 11.1 Å². The lowest BCUT2D eigenvalue weighted by Crippen LogP contribution is -2.28. The summed E-state index contributed by atoms with van der Waals surface area (Å²) in [4.78, 5) is 25.2. The third-order valence-electron chi connectivity index (χ3n) is 2.70. The van der Waals surface area contributed by atoms with E-state index in [1.54, 1.807) is 48.5 Å². The van der Waals surface area contributed by atoms with E-state index in [1.165, 1.54) is 4.90 Å². The van der Waals surface area contributed by atoms with Crippen LogP contribution in [0.3, 0.4) is 0 Å². The number of benzene rings is 1. The first kappa shape index (κ1) is 8.97. The van der Waals surface area contributed by atoms with Crippen LogP contribution in [-0.2, 0) is 0 Å². The molecule has 0 bridgehead atoms. The van der Waals surface area contributed by atoms with Gasteiger partial charge in [0.2, 0.25) is 0 Å². The van der Waals surface area contributed by atoms with Gasteiger partial charge in [-0.2, -0.15) is 12.1 Å². The van der Waals surface area contributed by atoms with E-state index in [0.717, 1.165) is 0 Å². The van der Waals surface area contributed by atoms with Crippen molar-refractivity contribution < 1.29 is 9.59 Å². The molecular weight excluding hydrogens is 202 g/mol. The molecule has 0 saturated carbocycles. The lowest BCUT2D eigenvalue weighted by atomic mass is 10.1. The predicted molar refractivity (Wildman–Crippen MR) is 59.6 cm³/mol. The van der Waals surface area contributed by atoms with Crippen LogP contribution in [0.4, 0.5) is 5.69 Å². The Bertz CT molecular complexity index is 534. The molecule has 78 valence electrons. The zero-order chi connectivity index (χ0) is 11.1. The molecule has 2 aromatic rings. The second-order valence-corrected chi connectivity index (χ2v) is 3.63. The Morgan fingerprint density at radius 2 is 1.31 bits per heavy atom. The number of carbonyl (C=O) groups is 2. The Kier molecular flexibility index (Phi) is 1.74. The molecule has 0 aromatic heterocycles. The van der Waals surface area contributed by atoms with Gasteiger partial charge >= 0.3 is 0 Å². The number of rotatable bonds is 1. The number of hydrogen-bond acceptors (Lipinski definition) is 2. The van der Waals surface area contributed by atoms with Gasteiger partial charge in [0.25, 0.3) is 0 Å². The van der Waals surface area contributed by atoms with Crippen molar-refractivity contribution in [2.24, 2.45) is 0 Å². The van der Waals surface area contributed by atoms with Gasteiger partial charge in [-0.25, -0.2) is 0 Å². The van der Waals surface area contributed by atoms with Crippen molar-refractivity contribution in [1.29, 1.82) is 0 Å². The van der Waals surface area contributed by atoms with Gasteiger partial charge in [-0.05, 0) is 5.69 Å². The molecule has 0 aliphatic carbocycles. The second kappa shape index (κ2) is 3.10. The number of imide groups is 1. The fourth-order valence-electron chi connectivity index (χ4n) is 1.94. The van der Waals surface area contributed by atoms with Crippen LogP contribution in [0.2, 0.25) is 0 Å². The number of carbonyl (C=O) groups excluding carboxylic acids is 2. The maximum atomic E-state index is 12.0. The summed E-state index contributed by atoms with van der Waals surface area (Å²) < 4.78 is 0. The summed E-state index contributed by atoms with van der Waals surface area (Å²) >= 11 is 0. The van der Waals surface area contributed by atoms with E-state index < -0.39 is 0 Å². The van der Waals surface area contributed by atoms with Crippen molar-refractivity contribution in [1.82, 2.24) is 0 Å². The van der Waals surface area contributed by atoms with Crippen molar-refractivity contribution in [2.45, 2.75) is 0 Å². The lowest BCUT2D eigenvalue weighted by molar-refractivity contribution is 0.0926. The second-order valence-electron chi connectivity index (χ2n) is 3.63. The van der Waals surface area contributed by atoms with Gasteiger partial charge in [-0.1, -0.05) is 24.3 Å². The maximum Gasteiger partial charge on any atom is 0.198 e. The molecule has 3 heteroatoms. The topological polar surface area (TPSA) is 37.4 Å². The fraction of sp³-hybridized carbons (Fsp3) is 0. The van der Waals surface area contributed by atoms with Crippen LogP contribution in [0.15, 0.2) is 48.5 Å². The SMILES string of the molecule is O=C1c2ccccc2C(=O)N1[c-]1cccc1. The highest BCUT2D eigenvalue weighted by molar-refractivity contribution is 6.34. The van der Waals surface area contributed by atoms with Crippen molar-refractivity contribution in [3.8, 4) is 0 Å². The zero-order valence-electron chi connectivity index (χ0n) is 8.38. The summed E-state index contributed by atoms with van der Waals surface area (Å²) in [5.41, 5.74) is 1.59. The molecule has 1 heterocycles. The van der Waals surface area contributed by atoms with Crippen LogP contribution in [0.25, 0.3) is 0 Å². The number of fused-ring (bicyclic) bond motifs is 1. The van der Waals surface area contributed by atoms with E-state index in [-0.39, 0.29) is 11.8 Å². The Labute approximate surface area is 92.3 Å². The molecule has 0 spiro atoms. The maximum absolute atomic E-state index is 12.0. The third kappa shape index (κ3) is 1.05.